The van der Waals surface area contributed by atoms with Gasteiger partial charge in [0.15, 0.2) is 0 Å². The fourth-order valence-electron chi connectivity index (χ4n) is 2.64. The highest BCUT2D eigenvalue weighted by Gasteiger charge is 2.19. The smallest absolute Gasteiger partial charge is 0.229 e. The minimum absolute atomic E-state index is 0.606. The Balaban J connectivity index is 1.88. The number of hydrogen-bond acceptors (Lipinski definition) is 5. The number of benzene rings is 1. The number of nitrogens with two attached hydrogens (primary N) is 1. The lowest BCUT2D eigenvalue weighted by atomic mass is 9.99. The molecule has 0 radical (unpaired) electrons. The Labute approximate surface area is 124 Å². The molecular weight excluding hydrogens is 264 g/mol. The van der Waals surface area contributed by atoms with E-state index in [1.807, 2.05) is 32.0 Å². The van der Waals surface area contributed by atoms with Crippen molar-refractivity contribution in [2.45, 2.75) is 26.8 Å². The van der Waals surface area contributed by atoms with Crippen LogP contribution in [0.3, 0.4) is 0 Å². The van der Waals surface area contributed by atoms with Crippen molar-refractivity contribution in [2.24, 2.45) is 0 Å². The Morgan fingerprint density at radius 1 is 1.24 bits per heavy atom. The molecule has 21 heavy (non-hydrogen) atoms. The quantitative estimate of drug-likeness (QED) is 0.876. The van der Waals surface area contributed by atoms with Gasteiger partial charge in [-0.15, -0.1) is 0 Å². The maximum absolute atomic E-state index is 5.88. The van der Waals surface area contributed by atoms with Crippen molar-refractivity contribution >= 4 is 11.6 Å². The van der Waals surface area contributed by atoms with E-state index in [1.54, 1.807) is 0 Å². The van der Waals surface area contributed by atoms with Crippen LogP contribution in [0.25, 0.3) is 0 Å². The second-order valence-electron chi connectivity index (χ2n) is 5.28. The Morgan fingerprint density at radius 2 is 2.10 bits per heavy atom. The standard InChI is InChI=1S/C16H20N4O/c1-3-21-15-8-11(2)18-16(19-15)20-7-6-12-4-5-14(17)9-13(12)10-20/h4-5,8-9H,3,6-7,10,17H2,1-2H3. The number of aromatic nitrogens is 2. The highest BCUT2D eigenvalue weighted by molar-refractivity contribution is 5.49. The Kier molecular flexibility index (Phi) is 3.64. The summed E-state index contributed by atoms with van der Waals surface area (Å²) in [5.41, 5.74) is 10.2. The zero-order chi connectivity index (χ0) is 14.8. The van der Waals surface area contributed by atoms with Crippen molar-refractivity contribution in [3.05, 3.63) is 41.1 Å². The van der Waals surface area contributed by atoms with E-state index in [0.717, 1.165) is 36.8 Å². The fraction of sp³-hybridized carbons (Fsp3) is 0.375. The number of rotatable bonds is 3. The molecule has 1 aromatic heterocycles. The van der Waals surface area contributed by atoms with E-state index in [4.69, 9.17) is 10.5 Å². The number of hydrogen-bond donors (Lipinski definition) is 1. The third-order valence-corrected chi connectivity index (χ3v) is 3.64. The number of aryl methyl sites for hydroxylation is 1. The molecule has 0 aliphatic carbocycles. The van der Waals surface area contributed by atoms with E-state index in [0.29, 0.717) is 12.5 Å². The van der Waals surface area contributed by atoms with Crippen LogP contribution >= 0.6 is 0 Å². The van der Waals surface area contributed by atoms with Crippen LogP contribution in [0.1, 0.15) is 23.7 Å². The van der Waals surface area contributed by atoms with E-state index >= 15 is 0 Å². The van der Waals surface area contributed by atoms with Crippen molar-refractivity contribution in [3.63, 3.8) is 0 Å². The average molecular weight is 284 g/mol. The van der Waals surface area contributed by atoms with Gasteiger partial charge in [-0.25, -0.2) is 4.98 Å². The lowest BCUT2D eigenvalue weighted by Crippen LogP contribution is -2.32. The third kappa shape index (κ3) is 2.91. The van der Waals surface area contributed by atoms with E-state index in [1.165, 1.54) is 11.1 Å². The second-order valence-corrected chi connectivity index (χ2v) is 5.28. The van der Waals surface area contributed by atoms with Crippen LogP contribution in [-0.2, 0) is 13.0 Å². The molecule has 1 aromatic carbocycles. The molecule has 2 N–H and O–H groups in total. The van der Waals surface area contributed by atoms with Crippen molar-refractivity contribution in [3.8, 4) is 5.88 Å². The molecule has 5 heteroatoms. The highest BCUT2D eigenvalue weighted by Crippen LogP contribution is 2.25. The first-order chi connectivity index (χ1) is 10.2. The van der Waals surface area contributed by atoms with Gasteiger partial charge >= 0.3 is 0 Å². The van der Waals surface area contributed by atoms with E-state index in [2.05, 4.69) is 20.9 Å². The first kappa shape index (κ1) is 13.7. The van der Waals surface area contributed by atoms with Crippen LogP contribution in [0.2, 0.25) is 0 Å². The van der Waals surface area contributed by atoms with Gasteiger partial charge in [0.1, 0.15) is 0 Å². The first-order valence-electron chi connectivity index (χ1n) is 7.26. The van der Waals surface area contributed by atoms with Crippen molar-refractivity contribution in [1.29, 1.82) is 0 Å². The molecule has 0 atom stereocenters. The maximum atomic E-state index is 5.88. The van der Waals surface area contributed by atoms with Crippen molar-refractivity contribution in [1.82, 2.24) is 9.97 Å². The summed E-state index contributed by atoms with van der Waals surface area (Å²) < 4.78 is 5.51. The maximum Gasteiger partial charge on any atom is 0.229 e. The topological polar surface area (TPSA) is 64.3 Å². The van der Waals surface area contributed by atoms with Gasteiger partial charge in [-0.3, -0.25) is 0 Å². The van der Waals surface area contributed by atoms with Gasteiger partial charge in [0, 0.05) is 30.5 Å². The normalized spacial score (nSPS) is 13.9. The summed E-state index contributed by atoms with van der Waals surface area (Å²) in [6.07, 6.45) is 0.983. The number of nitrogens with zero attached hydrogens (tertiary/aromatic N) is 3. The molecule has 0 spiro atoms. The summed E-state index contributed by atoms with van der Waals surface area (Å²) in [5.74, 6) is 1.37. The Bertz CT molecular complexity index is 657. The molecule has 2 heterocycles. The lowest BCUT2D eigenvalue weighted by molar-refractivity contribution is 0.325. The molecule has 0 bridgehead atoms. The highest BCUT2D eigenvalue weighted by atomic mass is 16.5. The van der Waals surface area contributed by atoms with Gasteiger partial charge in [0.25, 0.3) is 0 Å². The van der Waals surface area contributed by atoms with Gasteiger partial charge in [-0.1, -0.05) is 6.07 Å². The van der Waals surface area contributed by atoms with Crippen LogP contribution in [-0.4, -0.2) is 23.1 Å². The monoisotopic (exact) mass is 284 g/mol. The molecule has 3 rings (SSSR count). The van der Waals surface area contributed by atoms with Crippen molar-refractivity contribution in [2.75, 3.05) is 23.8 Å². The molecule has 1 aliphatic rings. The molecule has 0 fully saturated rings. The number of fused-ring (bicyclic) bond motifs is 1. The van der Waals surface area contributed by atoms with E-state index in [-0.39, 0.29) is 0 Å². The van der Waals surface area contributed by atoms with E-state index in [9.17, 15) is 0 Å². The fourth-order valence-corrected chi connectivity index (χ4v) is 2.64. The van der Waals surface area contributed by atoms with Crippen LogP contribution in [0.4, 0.5) is 11.6 Å². The third-order valence-electron chi connectivity index (χ3n) is 3.64. The molecule has 1 aliphatic heterocycles. The van der Waals surface area contributed by atoms with Crippen LogP contribution in [0.5, 0.6) is 5.88 Å². The summed E-state index contributed by atoms with van der Waals surface area (Å²) >= 11 is 0. The molecule has 0 amide bonds. The van der Waals surface area contributed by atoms with Gasteiger partial charge in [-0.2, -0.15) is 4.98 Å². The largest absolute Gasteiger partial charge is 0.478 e. The predicted molar refractivity (Wildman–Crippen MR) is 83.5 cm³/mol. The number of nitrogen functional groups attached to an aromatic ring is 1. The number of anilines is 2. The summed E-state index contributed by atoms with van der Waals surface area (Å²) in [6.45, 7) is 6.22. The molecule has 0 saturated carbocycles. The number of ether oxygens (including phenoxy) is 1. The Morgan fingerprint density at radius 3 is 2.90 bits per heavy atom. The average Bonchev–Trinajstić information content (AvgIpc) is 2.46. The van der Waals surface area contributed by atoms with Gasteiger partial charge < -0.3 is 15.4 Å². The molecular formula is C16H20N4O. The molecule has 110 valence electrons. The predicted octanol–water partition coefficient (Wildman–Crippen LogP) is 2.33. The van der Waals surface area contributed by atoms with Crippen molar-refractivity contribution < 1.29 is 4.74 Å². The summed E-state index contributed by atoms with van der Waals surface area (Å²) in [5, 5.41) is 0. The molecule has 0 saturated heterocycles. The summed E-state index contributed by atoms with van der Waals surface area (Å²) in [6, 6.07) is 7.99. The second kappa shape index (κ2) is 5.60. The zero-order valence-electron chi connectivity index (χ0n) is 12.5. The SMILES string of the molecule is CCOc1cc(C)nc(N2CCc3ccc(N)cc3C2)n1. The molecule has 2 aromatic rings. The van der Waals surface area contributed by atoms with Crippen LogP contribution < -0.4 is 15.4 Å². The summed E-state index contributed by atoms with van der Waals surface area (Å²) in [4.78, 5) is 11.2. The minimum Gasteiger partial charge on any atom is -0.478 e. The van der Waals surface area contributed by atoms with Crippen LogP contribution in [0.15, 0.2) is 24.3 Å². The van der Waals surface area contributed by atoms with Gasteiger partial charge in [-0.05, 0) is 43.5 Å². The molecule has 0 unspecified atom stereocenters. The van der Waals surface area contributed by atoms with E-state index < -0.39 is 0 Å². The zero-order valence-corrected chi connectivity index (χ0v) is 12.5. The van der Waals surface area contributed by atoms with Gasteiger partial charge in [0.05, 0.1) is 6.61 Å². The summed E-state index contributed by atoms with van der Waals surface area (Å²) in [7, 11) is 0. The lowest BCUT2D eigenvalue weighted by Gasteiger charge is -2.29. The van der Waals surface area contributed by atoms with Crippen LogP contribution in [0, 0.1) is 6.92 Å². The Hall–Kier alpha value is -2.30. The first-order valence-corrected chi connectivity index (χ1v) is 7.26. The van der Waals surface area contributed by atoms with Gasteiger partial charge in [0.2, 0.25) is 11.8 Å². The minimum atomic E-state index is 0.606. The molecule has 5 nitrogen and oxygen atoms in total.